The van der Waals surface area contributed by atoms with Crippen LogP contribution in [0.1, 0.15) is 29.0 Å². The molecule has 0 amide bonds. The van der Waals surface area contributed by atoms with E-state index < -0.39 is 0 Å². The number of hydrogen-bond donors (Lipinski definition) is 0. The number of anilines is 1. The predicted octanol–water partition coefficient (Wildman–Crippen LogP) is 4.76. The van der Waals surface area contributed by atoms with Gasteiger partial charge in [-0.1, -0.05) is 37.3 Å². The van der Waals surface area contributed by atoms with Gasteiger partial charge in [0.25, 0.3) is 0 Å². The van der Waals surface area contributed by atoms with Crippen LogP contribution in [0.25, 0.3) is 0 Å². The summed E-state index contributed by atoms with van der Waals surface area (Å²) < 4.78 is 13.6. The summed E-state index contributed by atoms with van der Waals surface area (Å²) in [6.07, 6.45) is 1.90. The second kappa shape index (κ2) is 8.16. The van der Waals surface area contributed by atoms with Gasteiger partial charge in [0.1, 0.15) is 17.5 Å². The van der Waals surface area contributed by atoms with E-state index in [9.17, 15) is 9.18 Å². The Morgan fingerprint density at radius 3 is 2.52 bits per heavy atom. The molecule has 23 heavy (non-hydrogen) atoms. The largest absolute Gasteiger partial charge is 0.358 e. The Balaban J connectivity index is 2.35. The maximum atomic E-state index is 13.6. The molecule has 0 aliphatic carbocycles. The summed E-state index contributed by atoms with van der Waals surface area (Å²) in [7, 11) is 1.94. The fourth-order valence-electron chi connectivity index (χ4n) is 2.57. The Kier molecular flexibility index (Phi) is 6.22. The van der Waals surface area contributed by atoms with Crippen molar-refractivity contribution in [3.8, 4) is 0 Å². The van der Waals surface area contributed by atoms with Crippen molar-refractivity contribution < 1.29 is 9.18 Å². The molecule has 0 fully saturated rings. The second-order valence-corrected chi connectivity index (χ2v) is 6.60. The van der Waals surface area contributed by atoms with Crippen molar-refractivity contribution in [3.05, 3.63) is 65.0 Å². The summed E-state index contributed by atoms with van der Waals surface area (Å²) in [5, 5.41) is -0.0355. The number of halogens is 1. The number of nitrogens with zero attached hydrogens (tertiary/aromatic N) is 1. The fraction of sp³-hybridized carbons (Fsp3) is 0.316. The Labute approximate surface area is 141 Å². The molecular formula is C19H22FNOS. The van der Waals surface area contributed by atoms with Crippen molar-refractivity contribution in [2.24, 2.45) is 0 Å². The molecule has 0 radical (unpaired) electrons. The van der Waals surface area contributed by atoms with E-state index in [1.807, 2.05) is 18.9 Å². The van der Waals surface area contributed by atoms with Gasteiger partial charge in [0, 0.05) is 12.7 Å². The normalized spacial score (nSPS) is 12.0. The number of hydrogen-bond acceptors (Lipinski definition) is 3. The summed E-state index contributed by atoms with van der Waals surface area (Å²) in [5.74, 6) is 0.150. The average molecular weight is 331 g/mol. The molecule has 4 heteroatoms. The number of carbonyl (C=O) groups is 1. The van der Waals surface area contributed by atoms with E-state index in [0.717, 1.165) is 29.5 Å². The van der Waals surface area contributed by atoms with Gasteiger partial charge in [-0.25, -0.2) is 4.39 Å². The average Bonchev–Trinajstić information content (AvgIpc) is 2.57. The number of benzene rings is 2. The molecule has 0 aromatic heterocycles. The molecule has 1 unspecified atom stereocenters. The van der Waals surface area contributed by atoms with Crippen LogP contribution in [-0.4, -0.2) is 19.1 Å². The first kappa shape index (κ1) is 17.5. The molecule has 1 atom stereocenters. The van der Waals surface area contributed by atoms with Crippen LogP contribution >= 0.6 is 11.8 Å². The van der Waals surface area contributed by atoms with E-state index >= 15 is 0 Å². The van der Waals surface area contributed by atoms with Crippen molar-refractivity contribution in [1.29, 1.82) is 0 Å². The van der Waals surface area contributed by atoms with Crippen molar-refractivity contribution in [1.82, 2.24) is 0 Å². The van der Waals surface area contributed by atoms with E-state index in [4.69, 9.17) is 0 Å². The van der Waals surface area contributed by atoms with Gasteiger partial charge in [0.05, 0.1) is 5.75 Å². The predicted molar refractivity (Wildman–Crippen MR) is 96.6 cm³/mol. The third-order valence-electron chi connectivity index (χ3n) is 3.90. The van der Waals surface area contributed by atoms with Gasteiger partial charge in [-0.3, -0.25) is 0 Å². The third kappa shape index (κ3) is 4.35. The highest BCUT2D eigenvalue weighted by atomic mass is 32.2. The zero-order valence-electron chi connectivity index (χ0n) is 13.8. The van der Waals surface area contributed by atoms with Crippen LogP contribution in [-0.2, 0) is 11.2 Å². The van der Waals surface area contributed by atoms with Gasteiger partial charge >= 0.3 is 0 Å². The second-order valence-electron chi connectivity index (χ2n) is 5.49. The number of carbonyl (C=O) groups excluding carboxylic acids is 1. The highest BCUT2D eigenvalue weighted by Crippen LogP contribution is 2.36. The van der Waals surface area contributed by atoms with Crippen LogP contribution in [0.15, 0.2) is 42.5 Å². The number of rotatable bonds is 7. The molecule has 0 aliphatic heterocycles. The molecule has 0 heterocycles. The van der Waals surface area contributed by atoms with Gasteiger partial charge in [-0.05, 0) is 42.2 Å². The topological polar surface area (TPSA) is 20.3 Å². The lowest BCUT2D eigenvalue weighted by atomic mass is 10.1. The lowest BCUT2D eigenvalue weighted by Crippen LogP contribution is -2.23. The Morgan fingerprint density at radius 2 is 1.91 bits per heavy atom. The molecule has 2 aromatic carbocycles. The standard InChI is InChI=1S/C19H22FNOS/c1-4-15-6-8-16(9-7-15)19(23-12-11-22)21(3)18-13-17(20)10-5-14(18)2/h5-11,13,19H,4,12H2,1-3H3. The minimum absolute atomic E-state index is 0.0355. The Bertz CT molecular complexity index is 657. The molecule has 0 N–H and O–H groups in total. The lowest BCUT2D eigenvalue weighted by molar-refractivity contribution is -0.105. The molecule has 122 valence electrons. The maximum Gasteiger partial charge on any atom is 0.129 e. The van der Waals surface area contributed by atoms with Crippen LogP contribution in [0.3, 0.4) is 0 Å². The molecule has 2 aromatic rings. The van der Waals surface area contributed by atoms with Crippen molar-refractivity contribution >= 4 is 23.7 Å². The molecule has 0 bridgehead atoms. The number of aldehydes is 1. The molecule has 0 aliphatic rings. The maximum absolute atomic E-state index is 13.6. The van der Waals surface area contributed by atoms with Crippen LogP contribution in [0.4, 0.5) is 10.1 Å². The Morgan fingerprint density at radius 1 is 1.22 bits per heavy atom. The summed E-state index contributed by atoms with van der Waals surface area (Å²) in [6, 6.07) is 13.2. The molecule has 0 saturated heterocycles. The van der Waals surface area contributed by atoms with E-state index in [-0.39, 0.29) is 11.2 Å². The molecule has 2 nitrogen and oxygen atoms in total. The zero-order valence-corrected chi connectivity index (χ0v) is 14.6. The quantitative estimate of drug-likeness (QED) is 0.539. The smallest absolute Gasteiger partial charge is 0.129 e. The van der Waals surface area contributed by atoms with Crippen molar-refractivity contribution in [2.75, 3.05) is 17.7 Å². The van der Waals surface area contributed by atoms with Crippen LogP contribution in [0.2, 0.25) is 0 Å². The highest BCUT2D eigenvalue weighted by molar-refractivity contribution is 8.00. The van der Waals surface area contributed by atoms with Gasteiger partial charge < -0.3 is 9.69 Å². The first-order valence-corrected chi connectivity index (χ1v) is 8.74. The minimum atomic E-state index is -0.252. The number of aryl methyl sites for hydroxylation is 2. The summed E-state index contributed by atoms with van der Waals surface area (Å²) in [6.45, 7) is 4.09. The SMILES string of the molecule is CCc1ccc(C(SCC=O)N(C)c2cc(F)ccc2C)cc1. The summed E-state index contributed by atoms with van der Waals surface area (Å²) >= 11 is 1.54. The van der Waals surface area contributed by atoms with E-state index in [1.165, 1.54) is 11.6 Å². The summed E-state index contributed by atoms with van der Waals surface area (Å²) in [4.78, 5) is 12.9. The fourth-order valence-corrected chi connectivity index (χ4v) is 3.52. The lowest BCUT2D eigenvalue weighted by Gasteiger charge is -2.31. The van der Waals surface area contributed by atoms with E-state index in [1.54, 1.807) is 23.9 Å². The minimum Gasteiger partial charge on any atom is -0.358 e. The van der Waals surface area contributed by atoms with Gasteiger partial charge in [-0.15, -0.1) is 11.8 Å². The third-order valence-corrected chi connectivity index (χ3v) is 5.13. The van der Waals surface area contributed by atoms with Crippen LogP contribution in [0.5, 0.6) is 0 Å². The van der Waals surface area contributed by atoms with Crippen LogP contribution < -0.4 is 4.90 Å². The number of thioether (sulfide) groups is 1. The van der Waals surface area contributed by atoms with Gasteiger partial charge in [0.2, 0.25) is 0 Å². The monoisotopic (exact) mass is 331 g/mol. The Hall–Kier alpha value is -1.81. The van der Waals surface area contributed by atoms with Gasteiger partial charge in [0.15, 0.2) is 0 Å². The van der Waals surface area contributed by atoms with E-state index in [2.05, 4.69) is 31.2 Å². The first-order chi connectivity index (χ1) is 11.1. The molecular weight excluding hydrogens is 309 g/mol. The zero-order chi connectivity index (χ0) is 16.8. The van der Waals surface area contributed by atoms with Crippen molar-refractivity contribution in [2.45, 2.75) is 25.6 Å². The van der Waals surface area contributed by atoms with Crippen molar-refractivity contribution in [3.63, 3.8) is 0 Å². The molecule has 2 rings (SSSR count). The molecule has 0 saturated carbocycles. The van der Waals surface area contributed by atoms with Crippen LogP contribution in [0, 0.1) is 12.7 Å². The van der Waals surface area contributed by atoms with Gasteiger partial charge in [-0.2, -0.15) is 0 Å². The van der Waals surface area contributed by atoms with E-state index in [0.29, 0.717) is 5.75 Å². The summed E-state index contributed by atoms with van der Waals surface area (Å²) in [5.41, 5.74) is 4.24. The first-order valence-electron chi connectivity index (χ1n) is 7.70. The molecule has 0 spiro atoms. The highest BCUT2D eigenvalue weighted by Gasteiger charge is 2.19.